The van der Waals surface area contributed by atoms with Crippen LogP contribution in [0.4, 0.5) is 0 Å². The molecule has 0 saturated heterocycles. The zero-order chi connectivity index (χ0) is 59.3. The molecular weight excluding hydrogens is 1020 g/mol. The number of hydrogen-bond donors (Lipinski definition) is 1. The fraction of sp³-hybridized carbons (Fsp3) is 0.859. The van der Waals surface area contributed by atoms with Gasteiger partial charge in [0.2, 0.25) is 5.91 Å². The summed E-state index contributed by atoms with van der Waals surface area (Å²) in [5.74, 6) is -0.528. The Labute approximate surface area is 503 Å². The van der Waals surface area contributed by atoms with E-state index in [4.69, 9.17) is 13.8 Å². The number of carbonyl (C=O) groups is 2. The second kappa shape index (κ2) is 61.1. The average Bonchev–Trinajstić information content (AvgIpc) is 3.44. The summed E-state index contributed by atoms with van der Waals surface area (Å²) >= 11 is 0. The third-order valence-corrected chi connectivity index (χ3v) is 16.7. The summed E-state index contributed by atoms with van der Waals surface area (Å²) in [6.07, 6.45) is 76.5. The van der Waals surface area contributed by atoms with Gasteiger partial charge in [-0.05, 0) is 70.3 Å². The minimum absolute atomic E-state index is 0.0211. The van der Waals surface area contributed by atoms with E-state index in [1.807, 2.05) is 33.3 Å². The number of hydrogen-bond acceptors (Lipinski definition) is 7. The predicted octanol–water partition coefficient (Wildman–Crippen LogP) is 21.4. The Balaban J connectivity index is 5.13. The van der Waals surface area contributed by atoms with Crippen LogP contribution in [0, 0.1) is 0 Å². The van der Waals surface area contributed by atoms with Gasteiger partial charge in [-0.3, -0.25) is 14.2 Å². The van der Waals surface area contributed by atoms with Gasteiger partial charge in [0.05, 0.1) is 33.8 Å². The van der Waals surface area contributed by atoms with Crippen molar-refractivity contribution in [3.8, 4) is 0 Å². The lowest BCUT2D eigenvalue weighted by molar-refractivity contribution is -0.870. The van der Waals surface area contributed by atoms with Gasteiger partial charge in [-0.2, -0.15) is 0 Å². The van der Waals surface area contributed by atoms with E-state index < -0.39 is 20.0 Å². The molecule has 0 aliphatic carbocycles. The summed E-state index contributed by atoms with van der Waals surface area (Å²) in [5.41, 5.74) is 0. The molecule has 0 saturated carbocycles. The van der Waals surface area contributed by atoms with Gasteiger partial charge in [-0.1, -0.05) is 307 Å². The summed E-state index contributed by atoms with van der Waals surface area (Å²) in [4.78, 5) is 40.2. The topological polar surface area (TPSA) is 114 Å². The van der Waals surface area contributed by atoms with Crippen molar-refractivity contribution in [3.63, 3.8) is 0 Å². The third kappa shape index (κ3) is 62.3. The van der Waals surface area contributed by atoms with Crippen LogP contribution in [-0.4, -0.2) is 69.4 Å². The summed E-state index contributed by atoms with van der Waals surface area (Å²) < 4.78 is 30.5. The molecule has 0 spiro atoms. The highest BCUT2D eigenvalue weighted by molar-refractivity contribution is 7.45. The Bertz CT molecular complexity index is 1520. The van der Waals surface area contributed by atoms with Gasteiger partial charge in [-0.25, -0.2) is 0 Å². The van der Waals surface area contributed by atoms with Crippen LogP contribution in [0.3, 0.4) is 0 Å². The smallest absolute Gasteiger partial charge is 0.306 e. The molecule has 10 heteroatoms. The van der Waals surface area contributed by atoms with Gasteiger partial charge in [0.1, 0.15) is 19.3 Å². The molecule has 0 heterocycles. The van der Waals surface area contributed by atoms with Crippen LogP contribution in [0.25, 0.3) is 0 Å². The molecule has 0 bridgehead atoms. The minimum Gasteiger partial charge on any atom is -0.756 e. The molecule has 0 aliphatic rings. The first-order valence-electron chi connectivity index (χ1n) is 34.9. The molecule has 81 heavy (non-hydrogen) atoms. The number of quaternary nitrogens is 1. The molecule has 0 aromatic heterocycles. The molecule has 3 unspecified atom stereocenters. The van der Waals surface area contributed by atoms with E-state index in [2.05, 4.69) is 62.5 Å². The van der Waals surface area contributed by atoms with Crippen molar-refractivity contribution < 1.29 is 37.3 Å². The van der Waals surface area contributed by atoms with E-state index in [-0.39, 0.29) is 31.5 Å². The fourth-order valence-corrected chi connectivity index (χ4v) is 11.1. The first-order valence-corrected chi connectivity index (χ1v) is 36.4. The quantitative estimate of drug-likeness (QED) is 0.0212. The largest absolute Gasteiger partial charge is 0.756 e. The van der Waals surface area contributed by atoms with Crippen LogP contribution in [0.15, 0.2) is 48.6 Å². The molecular formula is C71H135N2O7P. The van der Waals surface area contributed by atoms with Gasteiger partial charge >= 0.3 is 5.97 Å². The van der Waals surface area contributed by atoms with Crippen molar-refractivity contribution >= 4 is 19.7 Å². The van der Waals surface area contributed by atoms with Crippen molar-refractivity contribution in [2.45, 2.75) is 354 Å². The van der Waals surface area contributed by atoms with E-state index in [1.165, 1.54) is 238 Å². The first kappa shape index (κ1) is 79.0. The molecule has 1 N–H and O–H groups in total. The highest BCUT2D eigenvalue weighted by Crippen LogP contribution is 2.38. The van der Waals surface area contributed by atoms with Crippen LogP contribution in [0.5, 0.6) is 0 Å². The Kier molecular flexibility index (Phi) is 59.5. The molecule has 0 rings (SSSR count). The maximum Gasteiger partial charge on any atom is 0.306 e. The van der Waals surface area contributed by atoms with E-state index in [1.54, 1.807) is 0 Å². The van der Waals surface area contributed by atoms with Gasteiger partial charge in [0.25, 0.3) is 7.82 Å². The predicted molar refractivity (Wildman–Crippen MR) is 349 cm³/mol. The standard InChI is InChI=1S/C71H135N2O7P/c1-7-10-13-16-19-22-25-28-30-32-34-35-36-37-39-41-43-46-49-52-55-58-61-64-71(75)80-69(62-59-56-53-50-47-44-27-24-21-18-15-12-9-3)68(67-79-81(76,77)78-66-65-73(4,5)6)72-70(74)63-60-57-54-51-48-45-42-40-38-33-31-29-26-23-20-17-14-11-8-2/h19,22,28,30,34-35,59,62,68-69H,7-18,20-21,23-27,29,31-33,36-58,60-61,63-67H2,1-6H3,(H-,72,74,76,77)/b22-19-,30-28-,35-34-,62-59+. The normalized spacial score (nSPS) is 13.8. The average molecular weight is 1160 g/mol. The number of carbonyl (C=O) groups excluding carboxylic acids is 2. The minimum atomic E-state index is -4.70. The number of allylic oxidation sites excluding steroid dienone is 7. The number of rotatable bonds is 64. The van der Waals surface area contributed by atoms with Gasteiger partial charge in [0, 0.05) is 12.8 Å². The lowest BCUT2D eigenvalue weighted by Gasteiger charge is -2.30. The van der Waals surface area contributed by atoms with Crippen molar-refractivity contribution in [3.05, 3.63) is 48.6 Å². The SMILES string of the molecule is CCCCC/C=C\C/C=C\C/C=C\CCCCCCCCCCCCC(=O)OC(/C=C/CCCCCCCCCCCCC)C(COP(=O)([O-])OCC[N+](C)(C)C)NC(=O)CCCCCCCCCCCCCCCCCCCCC. The second-order valence-electron chi connectivity index (χ2n) is 25.0. The van der Waals surface area contributed by atoms with Crippen molar-refractivity contribution in [2.24, 2.45) is 0 Å². The number of phosphoric ester groups is 1. The van der Waals surface area contributed by atoms with Crippen molar-refractivity contribution in [1.29, 1.82) is 0 Å². The zero-order valence-electron chi connectivity index (χ0n) is 54.5. The van der Waals surface area contributed by atoms with E-state index in [0.717, 1.165) is 70.6 Å². The molecule has 476 valence electrons. The lowest BCUT2D eigenvalue weighted by Crippen LogP contribution is -2.47. The van der Waals surface area contributed by atoms with E-state index in [9.17, 15) is 19.0 Å². The summed E-state index contributed by atoms with van der Waals surface area (Å²) in [6.45, 7) is 6.87. The Hall–Kier alpha value is -2.03. The second-order valence-corrected chi connectivity index (χ2v) is 26.5. The number of phosphoric acid groups is 1. The van der Waals surface area contributed by atoms with Gasteiger partial charge in [0.15, 0.2) is 0 Å². The van der Waals surface area contributed by atoms with Crippen LogP contribution in [0.2, 0.25) is 0 Å². The van der Waals surface area contributed by atoms with E-state index >= 15 is 0 Å². The van der Waals surface area contributed by atoms with Gasteiger partial charge < -0.3 is 28.5 Å². The maximum atomic E-state index is 13.6. The summed E-state index contributed by atoms with van der Waals surface area (Å²) in [6, 6.07) is -0.888. The number of likely N-dealkylation sites (N-methyl/N-ethyl adjacent to an activating group) is 1. The number of unbranched alkanes of at least 4 members (excludes halogenated alkanes) is 42. The number of amides is 1. The maximum absolute atomic E-state index is 13.6. The molecule has 3 atom stereocenters. The van der Waals surface area contributed by atoms with Crippen molar-refractivity contribution in [2.75, 3.05) is 40.9 Å². The Morgan fingerprint density at radius 2 is 0.753 bits per heavy atom. The first-order chi connectivity index (χ1) is 39.4. The molecule has 0 fully saturated rings. The molecule has 0 aliphatic heterocycles. The molecule has 0 radical (unpaired) electrons. The van der Waals surface area contributed by atoms with E-state index in [0.29, 0.717) is 17.4 Å². The fourth-order valence-electron chi connectivity index (χ4n) is 10.4. The number of nitrogens with one attached hydrogen (secondary N) is 1. The molecule has 0 aromatic rings. The van der Waals surface area contributed by atoms with Crippen LogP contribution in [-0.2, 0) is 27.9 Å². The summed E-state index contributed by atoms with van der Waals surface area (Å²) in [5, 5.41) is 3.05. The Morgan fingerprint density at radius 1 is 0.432 bits per heavy atom. The van der Waals surface area contributed by atoms with Gasteiger partial charge in [-0.15, -0.1) is 0 Å². The van der Waals surface area contributed by atoms with Crippen LogP contribution < -0.4 is 10.2 Å². The zero-order valence-corrected chi connectivity index (χ0v) is 55.4. The highest BCUT2D eigenvalue weighted by atomic mass is 31.2. The summed E-state index contributed by atoms with van der Waals surface area (Å²) in [7, 11) is 1.20. The van der Waals surface area contributed by atoms with Crippen molar-refractivity contribution in [1.82, 2.24) is 5.32 Å². The van der Waals surface area contributed by atoms with Crippen LogP contribution in [0.1, 0.15) is 342 Å². The Morgan fingerprint density at radius 3 is 1.15 bits per heavy atom. The number of nitrogens with zero attached hydrogens (tertiary/aromatic N) is 1. The lowest BCUT2D eigenvalue weighted by atomic mass is 10.0. The number of ether oxygens (including phenoxy) is 1. The number of esters is 1. The monoisotopic (exact) mass is 1160 g/mol. The molecule has 9 nitrogen and oxygen atoms in total. The van der Waals surface area contributed by atoms with Crippen LogP contribution >= 0.6 is 7.82 Å². The highest BCUT2D eigenvalue weighted by Gasteiger charge is 2.27. The molecule has 0 aromatic carbocycles. The third-order valence-electron chi connectivity index (χ3n) is 15.8. The molecule has 1 amide bonds.